The number of nitrogens with one attached hydrogen (secondary N) is 1. The van der Waals surface area contributed by atoms with Crippen molar-refractivity contribution in [3.05, 3.63) is 35.4 Å². The molecular weight excluding hydrogens is 182 g/mol. The predicted octanol–water partition coefficient (Wildman–Crippen LogP) is 3.35. The van der Waals surface area contributed by atoms with Crippen LogP contribution in [0.3, 0.4) is 0 Å². The zero-order valence-electron chi connectivity index (χ0n) is 10.4. The minimum Gasteiger partial charge on any atom is -0.316 e. The molecule has 1 N–H and O–H groups in total. The Bertz CT molecular complexity index is 272. The summed E-state index contributed by atoms with van der Waals surface area (Å²) in [5.41, 5.74) is 2.86. The molecule has 1 aromatic carbocycles. The first-order chi connectivity index (χ1) is 7.22. The minimum absolute atomic E-state index is 0.581. The van der Waals surface area contributed by atoms with Gasteiger partial charge < -0.3 is 5.32 Å². The molecule has 0 saturated carbocycles. The molecule has 0 aliphatic heterocycles. The van der Waals surface area contributed by atoms with Gasteiger partial charge in [-0.05, 0) is 36.9 Å². The Morgan fingerprint density at radius 3 is 2.13 bits per heavy atom. The van der Waals surface area contributed by atoms with Crippen molar-refractivity contribution in [2.45, 2.75) is 45.6 Å². The molecule has 0 aromatic heterocycles. The van der Waals surface area contributed by atoms with Crippen LogP contribution in [0.4, 0.5) is 0 Å². The molecular formula is C14H23N. The average Bonchev–Trinajstić information content (AvgIpc) is 2.30. The van der Waals surface area contributed by atoms with Crippen LogP contribution in [0.5, 0.6) is 0 Å². The summed E-state index contributed by atoms with van der Waals surface area (Å²) < 4.78 is 0. The molecule has 84 valence electrons. The second kappa shape index (κ2) is 5.92. The molecule has 0 saturated heterocycles. The zero-order chi connectivity index (χ0) is 11.3. The van der Waals surface area contributed by atoms with E-state index in [9.17, 15) is 0 Å². The Balaban J connectivity index is 2.76. The first-order valence-corrected chi connectivity index (χ1v) is 5.99. The van der Waals surface area contributed by atoms with E-state index in [-0.39, 0.29) is 0 Å². The maximum Gasteiger partial charge on any atom is 0.0127 e. The molecule has 0 bridgehead atoms. The molecule has 0 spiro atoms. The van der Waals surface area contributed by atoms with Gasteiger partial charge in [-0.2, -0.15) is 0 Å². The standard InChI is InChI=1S/C14H23N/c1-5-12-7-9-13(10-8-12)11(3)14(6-2)15-4/h7-11,14-15H,5-6H2,1-4H3. The van der Waals surface area contributed by atoms with Crippen molar-refractivity contribution < 1.29 is 0 Å². The van der Waals surface area contributed by atoms with Crippen molar-refractivity contribution in [3.8, 4) is 0 Å². The fraction of sp³-hybridized carbons (Fsp3) is 0.571. The highest BCUT2D eigenvalue weighted by atomic mass is 14.9. The van der Waals surface area contributed by atoms with Crippen molar-refractivity contribution in [3.63, 3.8) is 0 Å². The molecule has 15 heavy (non-hydrogen) atoms. The van der Waals surface area contributed by atoms with Crippen molar-refractivity contribution in [2.75, 3.05) is 7.05 Å². The summed E-state index contributed by atoms with van der Waals surface area (Å²) in [5.74, 6) is 0.589. The maximum absolute atomic E-state index is 3.38. The topological polar surface area (TPSA) is 12.0 Å². The van der Waals surface area contributed by atoms with E-state index >= 15 is 0 Å². The Morgan fingerprint density at radius 1 is 1.13 bits per heavy atom. The Labute approximate surface area is 93.9 Å². The van der Waals surface area contributed by atoms with Gasteiger partial charge in [-0.15, -0.1) is 0 Å². The monoisotopic (exact) mass is 205 g/mol. The highest BCUT2D eigenvalue weighted by Crippen LogP contribution is 2.21. The third-order valence-corrected chi connectivity index (χ3v) is 3.33. The van der Waals surface area contributed by atoms with E-state index in [4.69, 9.17) is 0 Å². The highest BCUT2D eigenvalue weighted by molar-refractivity contribution is 5.26. The van der Waals surface area contributed by atoms with Crippen LogP contribution < -0.4 is 5.32 Å². The van der Waals surface area contributed by atoms with Crippen molar-refractivity contribution in [1.82, 2.24) is 5.32 Å². The van der Waals surface area contributed by atoms with Crippen LogP contribution in [0.1, 0.15) is 44.2 Å². The van der Waals surface area contributed by atoms with E-state index < -0.39 is 0 Å². The van der Waals surface area contributed by atoms with Crippen LogP contribution in [0.15, 0.2) is 24.3 Å². The van der Waals surface area contributed by atoms with Gasteiger partial charge in [-0.3, -0.25) is 0 Å². The first-order valence-electron chi connectivity index (χ1n) is 5.99. The number of hydrogen-bond acceptors (Lipinski definition) is 1. The number of likely N-dealkylation sites (N-methyl/N-ethyl adjacent to an activating group) is 1. The van der Waals surface area contributed by atoms with Gasteiger partial charge in [0, 0.05) is 6.04 Å². The third-order valence-electron chi connectivity index (χ3n) is 3.33. The van der Waals surface area contributed by atoms with Crippen molar-refractivity contribution in [1.29, 1.82) is 0 Å². The summed E-state index contributed by atoms with van der Waals surface area (Å²) in [4.78, 5) is 0. The van der Waals surface area contributed by atoms with Crippen LogP contribution in [-0.2, 0) is 6.42 Å². The largest absolute Gasteiger partial charge is 0.316 e. The SMILES string of the molecule is CCc1ccc(C(C)C(CC)NC)cc1. The lowest BCUT2D eigenvalue weighted by molar-refractivity contribution is 0.473. The molecule has 2 atom stereocenters. The second-order valence-electron chi connectivity index (χ2n) is 4.19. The molecule has 1 heteroatoms. The molecule has 0 radical (unpaired) electrons. The van der Waals surface area contributed by atoms with Gasteiger partial charge in [0.2, 0.25) is 0 Å². The van der Waals surface area contributed by atoms with Crippen LogP contribution in [0.25, 0.3) is 0 Å². The third kappa shape index (κ3) is 3.07. The summed E-state index contributed by atoms with van der Waals surface area (Å²) in [6.07, 6.45) is 2.30. The molecule has 0 amide bonds. The van der Waals surface area contributed by atoms with Gasteiger partial charge in [0.1, 0.15) is 0 Å². The Hall–Kier alpha value is -0.820. The van der Waals surface area contributed by atoms with E-state index in [0.717, 1.165) is 6.42 Å². The smallest absolute Gasteiger partial charge is 0.0127 e. The molecule has 1 aromatic rings. The zero-order valence-corrected chi connectivity index (χ0v) is 10.4. The summed E-state index contributed by atoms with van der Waals surface area (Å²) in [7, 11) is 2.05. The maximum atomic E-state index is 3.38. The van der Waals surface area contributed by atoms with E-state index in [1.807, 2.05) is 7.05 Å². The van der Waals surface area contributed by atoms with E-state index in [0.29, 0.717) is 12.0 Å². The van der Waals surface area contributed by atoms with Gasteiger partial charge in [-0.25, -0.2) is 0 Å². The number of benzene rings is 1. The molecule has 1 nitrogen and oxygen atoms in total. The molecule has 0 fully saturated rings. The molecule has 0 aliphatic rings. The average molecular weight is 205 g/mol. The van der Waals surface area contributed by atoms with E-state index in [1.54, 1.807) is 0 Å². The summed E-state index contributed by atoms with van der Waals surface area (Å²) in [6, 6.07) is 9.60. The van der Waals surface area contributed by atoms with Gasteiger partial charge in [0.25, 0.3) is 0 Å². The fourth-order valence-electron chi connectivity index (χ4n) is 2.10. The van der Waals surface area contributed by atoms with Crippen molar-refractivity contribution >= 4 is 0 Å². The lowest BCUT2D eigenvalue weighted by Gasteiger charge is -2.22. The van der Waals surface area contributed by atoms with Gasteiger partial charge in [-0.1, -0.05) is 45.0 Å². The number of aryl methyl sites for hydroxylation is 1. The minimum atomic E-state index is 0.581. The Morgan fingerprint density at radius 2 is 1.73 bits per heavy atom. The van der Waals surface area contributed by atoms with Crippen LogP contribution in [0, 0.1) is 0 Å². The van der Waals surface area contributed by atoms with Gasteiger partial charge in [0.15, 0.2) is 0 Å². The lowest BCUT2D eigenvalue weighted by atomic mass is 9.91. The van der Waals surface area contributed by atoms with Crippen LogP contribution >= 0.6 is 0 Å². The normalized spacial score (nSPS) is 14.9. The number of hydrogen-bond donors (Lipinski definition) is 1. The van der Waals surface area contributed by atoms with Crippen LogP contribution in [-0.4, -0.2) is 13.1 Å². The summed E-state index contributed by atoms with van der Waals surface area (Å²) >= 11 is 0. The van der Waals surface area contributed by atoms with Crippen LogP contribution in [0.2, 0.25) is 0 Å². The second-order valence-corrected chi connectivity index (χ2v) is 4.19. The highest BCUT2D eigenvalue weighted by Gasteiger charge is 2.14. The van der Waals surface area contributed by atoms with Gasteiger partial charge in [0.05, 0.1) is 0 Å². The van der Waals surface area contributed by atoms with E-state index in [1.165, 1.54) is 17.5 Å². The molecule has 2 unspecified atom stereocenters. The lowest BCUT2D eigenvalue weighted by Crippen LogP contribution is -2.29. The fourth-order valence-corrected chi connectivity index (χ4v) is 2.10. The quantitative estimate of drug-likeness (QED) is 0.777. The molecule has 1 rings (SSSR count). The van der Waals surface area contributed by atoms with Crippen molar-refractivity contribution in [2.24, 2.45) is 0 Å². The molecule has 0 heterocycles. The van der Waals surface area contributed by atoms with E-state index in [2.05, 4.69) is 50.4 Å². The van der Waals surface area contributed by atoms with Gasteiger partial charge >= 0.3 is 0 Å². The summed E-state index contributed by atoms with van der Waals surface area (Å²) in [6.45, 7) is 6.73. The predicted molar refractivity (Wildman–Crippen MR) is 67.4 cm³/mol. The Kier molecular flexibility index (Phi) is 4.83. The first kappa shape index (κ1) is 12.3. The number of rotatable bonds is 5. The summed E-state index contributed by atoms with van der Waals surface area (Å²) in [5, 5.41) is 3.38. The molecule has 0 aliphatic carbocycles.